The number of hydrogen-bond acceptors (Lipinski definition) is 4. The van der Waals surface area contributed by atoms with E-state index >= 15 is 0 Å². The Balaban J connectivity index is 2.10. The summed E-state index contributed by atoms with van der Waals surface area (Å²) in [7, 11) is 4.06. The van der Waals surface area contributed by atoms with Gasteiger partial charge in [-0.05, 0) is 52.5 Å². The molecule has 0 aliphatic carbocycles. The van der Waals surface area contributed by atoms with Crippen LogP contribution in [0.25, 0.3) is 0 Å². The number of hydrogen-bond donors (Lipinski definition) is 1. The number of benzene rings is 1. The Labute approximate surface area is 125 Å². The summed E-state index contributed by atoms with van der Waals surface area (Å²) in [5.74, 6) is -0.915. The average Bonchev–Trinajstić information content (AvgIpc) is 2.78. The Morgan fingerprint density at radius 3 is 2.81 bits per heavy atom. The van der Waals surface area contributed by atoms with Gasteiger partial charge in [0, 0.05) is 24.7 Å². The molecule has 1 N–H and O–H groups in total. The van der Waals surface area contributed by atoms with Gasteiger partial charge in [0.2, 0.25) is 0 Å². The smallest absolute Gasteiger partial charge is 0.163 e. The normalized spacial score (nSPS) is 19.4. The minimum Gasteiger partial charge on any atom is -0.507 e. The molecule has 2 rings (SSSR count). The molecule has 0 spiro atoms. The van der Waals surface area contributed by atoms with Crippen LogP contribution in [0.15, 0.2) is 12.1 Å². The molecule has 4 nitrogen and oxygen atoms in total. The van der Waals surface area contributed by atoms with E-state index in [1.54, 1.807) is 0 Å². The lowest BCUT2D eigenvalue weighted by atomic mass is 10.0. The van der Waals surface area contributed by atoms with Crippen LogP contribution in [0.1, 0.15) is 35.7 Å². The van der Waals surface area contributed by atoms with Crippen molar-refractivity contribution in [2.24, 2.45) is 0 Å². The molecule has 1 fully saturated rings. The Kier molecular flexibility index (Phi) is 4.96. The van der Waals surface area contributed by atoms with Gasteiger partial charge in [0.15, 0.2) is 5.78 Å². The highest BCUT2D eigenvalue weighted by atomic mass is 19.1. The number of carbonyl (C=O) groups excluding carboxylic acids is 1. The van der Waals surface area contributed by atoms with Crippen LogP contribution in [0, 0.1) is 5.82 Å². The predicted octanol–water partition coefficient (Wildman–Crippen LogP) is 2.26. The topological polar surface area (TPSA) is 43.8 Å². The lowest BCUT2D eigenvalue weighted by Gasteiger charge is -2.26. The fourth-order valence-corrected chi connectivity index (χ4v) is 2.97. The van der Waals surface area contributed by atoms with Crippen LogP contribution < -0.4 is 0 Å². The van der Waals surface area contributed by atoms with Crippen LogP contribution in [-0.2, 0) is 6.54 Å². The van der Waals surface area contributed by atoms with E-state index in [0.717, 1.165) is 25.6 Å². The van der Waals surface area contributed by atoms with Gasteiger partial charge < -0.3 is 14.9 Å². The van der Waals surface area contributed by atoms with Gasteiger partial charge >= 0.3 is 0 Å². The summed E-state index contributed by atoms with van der Waals surface area (Å²) in [6.07, 6.45) is 2.36. The van der Waals surface area contributed by atoms with Crippen molar-refractivity contribution in [2.45, 2.75) is 32.4 Å². The number of aromatic hydroxyl groups is 1. The van der Waals surface area contributed by atoms with Gasteiger partial charge in [-0.25, -0.2) is 4.39 Å². The number of carbonyl (C=O) groups is 1. The second-order valence-corrected chi connectivity index (χ2v) is 5.99. The van der Waals surface area contributed by atoms with E-state index in [1.807, 2.05) is 7.05 Å². The van der Waals surface area contributed by atoms with E-state index in [9.17, 15) is 14.3 Å². The Hall–Kier alpha value is -1.46. The second-order valence-electron chi connectivity index (χ2n) is 5.99. The predicted molar refractivity (Wildman–Crippen MR) is 80.1 cm³/mol. The zero-order valence-electron chi connectivity index (χ0n) is 12.9. The minimum absolute atomic E-state index is 0.0522. The molecule has 0 saturated carbocycles. The molecule has 1 aliphatic heterocycles. The molecular weight excluding hydrogens is 271 g/mol. The highest BCUT2D eigenvalue weighted by Crippen LogP contribution is 2.26. The van der Waals surface area contributed by atoms with Gasteiger partial charge in [0.1, 0.15) is 11.6 Å². The van der Waals surface area contributed by atoms with Gasteiger partial charge in [-0.3, -0.25) is 4.79 Å². The van der Waals surface area contributed by atoms with Crippen LogP contribution in [0.2, 0.25) is 0 Å². The largest absolute Gasteiger partial charge is 0.507 e. The molecule has 1 aliphatic rings. The van der Waals surface area contributed by atoms with Gasteiger partial charge in [-0.2, -0.15) is 0 Å². The first-order valence-corrected chi connectivity index (χ1v) is 7.29. The third kappa shape index (κ3) is 3.80. The van der Waals surface area contributed by atoms with Crippen molar-refractivity contribution in [3.05, 3.63) is 29.1 Å². The molecule has 1 heterocycles. The number of likely N-dealkylation sites (tertiary alicyclic amines) is 1. The summed E-state index contributed by atoms with van der Waals surface area (Å²) in [6, 6.07) is 2.89. The zero-order chi connectivity index (χ0) is 15.6. The van der Waals surface area contributed by atoms with E-state index in [-0.39, 0.29) is 17.1 Å². The van der Waals surface area contributed by atoms with Crippen LogP contribution in [0.3, 0.4) is 0 Å². The Bertz CT molecular complexity index is 533. The Morgan fingerprint density at radius 1 is 1.52 bits per heavy atom. The van der Waals surface area contributed by atoms with Crippen LogP contribution in [0.5, 0.6) is 5.75 Å². The van der Waals surface area contributed by atoms with Crippen molar-refractivity contribution in [3.63, 3.8) is 0 Å². The summed E-state index contributed by atoms with van der Waals surface area (Å²) in [6.45, 7) is 3.73. The van der Waals surface area contributed by atoms with E-state index in [4.69, 9.17) is 0 Å². The van der Waals surface area contributed by atoms with Crippen molar-refractivity contribution in [3.8, 4) is 5.75 Å². The molecule has 0 radical (unpaired) electrons. The van der Waals surface area contributed by atoms with E-state index < -0.39 is 5.82 Å². The number of rotatable bonds is 5. The first kappa shape index (κ1) is 15.9. The lowest BCUT2D eigenvalue weighted by Crippen LogP contribution is -2.36. The number of likely N-dealkylation sites (N-methyl/N-ethyl adjacent to an activating group) is 2. The Morgan fingerprint density at radius 2 is 2.24 bits per heavy atom. The third-order valence-corrected chi connectivity index (χ3v) is 4.17. The standard InChI is InChI=1S/C16H23FN2O2/c1-11(20)15-8-13(17)7-12(16(15)21)9-18(2)10-14-5-4-6-19(14)3/h7-8,14,21H,4-6,9-10H2,1-3H3. The first-order chi connectivity index (χ1) is 9.88. The molecule has 1 unspecified atom stereocenters. The molecular formula is C16H23FN2O2. The number of halogens is 1. The van der Waals surface area contributed by atoms with E-state index in [2.05, 4.69) is 16.8 Å². The monoisotopic (exact) mass is 294 g/mol. The molecule has 21 heavy (non-hydrogen) atoms. The lowest BCUT2D eigenvalue weighted by molar-refractivity contribution is 0.101. The molecule has 1 aromatic carbocycles. The molecule has 116 valence electrons. The fourth-order valence-electron chi connectivity index (χ4n) is 2.97. The molecule has 0 aromatic heterocycles. The highest BCUT2D eigenvalue weighted by Gasteiger charge is 2.23. The molecule has 0 bridgehead atoms. The van der Waals surface area contributed by atoms with Crippen molar-refractivity contribution in [1.82, 2.24) is 9.80 Å². The number of ketones is 1. The van der Waals surface area contributed by atoms with Crippen molar-refractivity contribution >= 4 is 5.78 Å². The number of phenols is 1. The van der Waals surface area contributed by atoms with Crippen molar-refractivity contribution in [2.75, 3.05) is 27.2 Å². The summed E-state index contributed by atoms with van der Waals surface area (Å²) < 4.78 is 13.6. The minimum atomic E-state index is -0.487. The van der Waals surface area contributed by atoms with Gasteiger partial charge in [0.05, 0.1) is 5.56 Å². The summed E-state index contributed by atoms with van der Waals surface area (Å²) >= 11 is 0. The first-order valence-electron chi connectivity index (χ1n) is 7.29. The third-order valence-electron chi connectivity index (χ3n) is 4.17. The van der Waals surface area contributed by atoms with Crippen LogP contribution >= 0.6 is 0 Å². The molecule has 0 amide bonds. The SMILES string of the molecule is CC(=O)c1cc(F)cc(CN(C)CC2CCCN2C)c1O. The fraction of sp³-hybridized carbons (Fsp3) is 0.562. The highest BCUT2D eigenvalue weighted by molar-refractivity contribution is 5.97. The zero-order valence-corrected chi connectivity index (χ0v) is 12.9. The summed E-state index contributed by atoms with van der Waals surface area (Å²) in [4.78, 5) is 15.8. The summed E-state index contributed by atoms with van der Waals surface area (Å²) in [5.41, 5.74) is 0.514. The number of Topliss-reactive ketones (excluding diaryl/α,β-unsaturated/α-hetero) is 1. The molecule has 5 heteroatoms. The quantitative estimate of drug-likeness (QED) is 0.846. The summed E-state index contributed by atoms with van der Waals surface area (Å²) in [5, 5.41) is 10.1. The maximum absolute atomic E-state index is 13.6. The maximum atomic E-state index is 13.6. The molecule has 1 aromatic rings. The molecule has 1 atom stereocenters. The molecule has 1 saturated heterocycles. The van der Waals surface area contributed by atoms with Crippen LogP contribution in [-0.4, -0.2) is 53.9 Å². The number of nitrogens with zero attached hydrogens (tertiary/aromatic N) is 2. The number of phenolic OH excluding ortho intramolecular Hbond substituents is 1. The van der Waals surface area contributed by atoms with E-state index in [1.165, 1.54) is 19.4 Å². The van der Waals surface area contributed by atoms with E-state index in [0.29, 0.717) is 18.2 Å². The maximum Gasteiger partial charge on any atom is 0.163 e. The average molecular weight is 294 g/mol. The van der Waals surface area contributed by atoms with Gasteiger partial charge in [-0.15, -0.1) is 0 Å². The van der Waals surface area contributed by atoms with Crippen molar-refractivity contribution in [1.29, 1.82) is 0 Å². The van der Waals surface area contributed by atoms with Crippen molar-refractivity contribution < 1.29 is 14.3 Å². The second kappa shape index (κ2) is 6.54. The van der Waals surface area contributed by atoms with Crippen LogP contribution in [0.4, 0.5) is 4.39 Å². The van der Waals surface area contributed by atoms with Gasteiger partial charge in [0.25, 0.3) is 0 Å². The van der Waals surface area contributed by atoms with Gasteiger partial charge in [-0.1, -0.05) is 0 Å².